The van der Waals surface area contributed by atoms with Gasteiger partial charge < -0.3 is 0 Å². The quantitative estimate of drug-likeness (QED) is 0.741. The maximum Gasteiger partial charge on any atom is 0.137 e. The third-order valence-corrected chi connectivity index (χ3v) is 4.94. The minimum absolute atomic E-state index is 0.543. The van der Waals surface area contributed by atoms with E-state index in [-0.39, 0.29) is 0 Å². The Morgan fingerprint density at radius 2 is 1.89 bits per heavy atom. The second-order valence-electron chi connectivity index (χ2n) is 4.27. The highest BCUT2D eigenvalue weighted by atomic mass is 35.5. The summed E-state index contributed by atoms with van der Waals surface area (Å²) in [5.41, 5.74) is 3.15. The van der Waals surface area contributed by atoms with Gasteiger partial charge in [0.15, 0.2) is 0 Å². The Bertz CT molecular complexity index is 646. The van der Waals surface area contributed by atoms with Crippen LogP contribution in [0.1, 0.15) is 22.6 Å². The normalized spacial score (nSPS) is 13.6. The third kappa shape index (κ3) is 2.84. The van der Waals surface area contributed by atoms with Crippen LogP contribution in [0, 0.1) is 0 Å². The van der Waals surface area contributed by atoms with Gasteiger partial charge in [0.25, 0.3) is 0 Å². The highest BCUT2D eigenvalue weighted by Crippen LogP contribution is 2.32. The lowest BCUT2D eigenvalue weighted by atomic mass is 10.1. The van der Waals surface area contributed by atoms with E-state index < -0.39 is 0 Å². The first-order chi connectivity index (χ1) is 9.13. The monoisotopic (exact) mass is 330 g/mol. The fourth-order valence-electron chi connectivity index (χ4n) is 1.97. The zero-order valence-corrected chi connectivity index (χ0v) is 12.9. The molecule has 1 aliphatic rings. The molecule has 0 saturated carbocycles. The summed E-state index contributed by atoms with van der Waals surface area (Å²) in [5, 5.41) is 1.67. The summed E-state index contributed by atoms with van der Waals surface area (Å²) in [6.45, 7) is 0. The first kappa shape index (κ1) is 13.5. The lowest BCUT2D eigenvalue weighted by molar-refractivity contribution is 0.928. The Balaban J connectivity index is 1.91. The van der Waals surface area contributed by atoms with E-state index >= 15 is 0 Å². The molecule has 0 spiro atoms. The molecular formula is C13H9Cl3N2S. The van der Waals surface area contributed by atoms with E-state index in [1.165, 1.54) is 0 Å². The van der Waals surface area contributed by atoms with Gasteiger partial charge in [0.2, 0.25) is 0 Å². The Kier molecular flexibility index (Phi) is 3.90. The van der Waals surface area contributed by atoms with E-state index in [2.05, 4.69) is 9.97 Å². The average molecular weight is 332 g/mol. The lowest BCUT2D eigenvalue weighted by Crippen LogP contribution is -2.02. The number of hydrogen-bond donors (Lipinski definition) is 0. The van der Waals surface area contributed by atoms with E-state index in [1.807, 2.05) is 23.9 Å². The van der Waals surface area contributed by atoms with Gasteiger partial charge in [0, 0.05) is 23.5 Å². The highest BCUT2D eigenvalue weighted by Gasteiger charge is 2.18. The van der Waals surface area contributed by atoms with Crippen LogP contribution in [0.2, 0.25) is 15.2 Å². The van der Waals surface area contributed by atoms with Crippen molar-refractivity contribution in [1.82, 2.24) is 9.97 Å². The van der Waals surface area contributed by atoms with Crippen molar-refractivity contribution in [2.24, 2.45) is 0 Å². The molecule has 1 aromatic heterocycles. The Morgan fingerprint density at radius 3 is 2.68 bits per heavy atom. The Morgan fingerprint density at radius 1 is 1.05 bits per heavy atom. The van der Waals surface area contributed by atoms with Crippen molar-refractivity contribution in [3.63, 3.8) is 0 Å². The molecule has 0 amide bonds. The minimum atomic E-state index is 0.543. The molecule has 3 rings (SSSR count). The molecule has 6 heteroatoms. The summed E-state index contributed by atoms with van der Waals surface area (Å²) in [5.74, 6) is 2.54. The van der Waals surface area contributed by atoms with Gasteiger partial charge in [0.05, 0.1) is 15.7 Å². The topological polar surface area (TPSA) is 25.8 Å². The average Bonchev–Trinajstić information content (AvgIpc) is 2.82. The van der Waals surface area contributed by atoms with E-state index in [0.29, 0.717) is 21.6 Å². The predicted octanol–water partition coefficient (Wildman–Crippen LogP) is 4.77. The van der Waals surface area contributed by atoms with Gasteiger partial charge in [-0.1, -0.05) is 40.9 Å². The highest BCUT2D eigenvalue weighted by molar-refractivity contribution is 7.98. The summed E-state index contributed by atoms with van der Waals surface area (Å²) < 4.78 is 0. The molecule has 0 aliphatic carbocycles. The number of rotatable bonds is 2. The standard InChI is InChI=1S/C13H9Cl3N2S/c14-9-2-1-7(3-10(9)15)4-12-17-11-6-19-5-8(11)13(16)18-12/h1-3H,4-6H2. The van der Waals surface area contributed by atoms with Crippen molar-refractivity contribution in [3.8, 4) is 0 Å². The molecule has 0 N–H and O–H groups in total. The fraction of sp³-hybridized carbons (Fsp3) is 0.231. The number of nitrogens with zero attached hydrogens (tertiary/aromatic N) is 2. The van der Waals surface area contributed by atoms with Crippen molar-refractivity contribution in [2.75, 3.05) is 0 Å². The van der Waals surface area contributed by atoms with Crippen LogP contribution in [0.15, 0.2) is 18.2 Å². The molecule has 2 aromatic rings. The van der Waals surface area contributed by atoms with E-state index in [1.54, 1.807) is 6.07 Å². The molecule has 0 bridgehead atoms. The van der Waals surface area contributed by atoms with Crippen LogP contribution in [0.4, 0.5) is 0 Å². The molecule has 0 saturated heterocycles. The smallest absolute Gasteiger partial charge is 0.137 e. The summed E-state index contributed by atoms with van der Waals surface area (Å²) in [7, 11) is 0. The lowest BCUT2D eigenvalue weighted by Gasteiger charge is -2.06. The van der Waals surface area contributed by atoms with Crippen LogP contribution in [0.3, 0.4) is 0 Å². The second kappa shape index (κ2) is 5.49. The molecule has 0 fully saturated rings. The molecule has 2 heterocycles. The van der Waals surface area contributed by atoms with Crippen LogP contribution < -0.4 is 0 Å². The zero-order valence-electron chi connectivity index (χ0n) is 9.79. The van der Waals surface area contributed by atoms with Gasteiger partial charge in [-0.2, -0.15) is 11.8 Å². The first-order valence-corrected chi connectivity index (χ1v) is 7.98. The zero-order chi connectivity index (χ0) is 13.4. The van der Waals surface area contributed by atoms with Crippen LogP contribution >= 0.6 is 46.6 Å². The van der Waals surface area contributed by atoms with Crippen LogP contribution in [0.5, 0.6) is 0 Å². The number of thioether (sulfide) groups is 1. The largest absolute Gasteiger partial charge is 0.236 e. The van der Waals surface area contributed by atoms with Crippen molar-refractivity contribution >= 4 is 46.6 Å². The SMILES string of the molecule is Clc1ccc(Cc2nc(Cl)c3c(n2)CSC3)cc1Cl. The summed E-state index contributed by atoms with van der Waals surface area (Å²) in [6, 6.07) is 5.54. The maximum atomic E-state index is 6.19. The predicted molar refractivity (Wildman–Crippen MR) is 81.3 cm³/mol. The van der Waals surface area contributed by atoms with Gasteiger partial charge in [-0.05, 0) is 17.7 Å². The number of fused-ring (bicyclic) bond motifs is 1. The molecule has 0 unspecified atom stereocenters. The van der Waals surface area contributed by atoms with Crippen molar-refractivity contribution < 1.29 is 0 Å². The van der Waals surface area contributed by atoms with Crippen molar-refractivity contribution in [1.29, 1.82) is 0 Å². The van der Waals surface area contributed by atoms with Crippen molar-refractivity contribution in [2.45, 2.75) is 17.9 Å². The van der Waals surface area contributed by atoms with Gasteiger partial charge in [-0.3, -0.25) is 0 Å². The van der Waals surface area contributed by atoms with Crippen LogP contribution in [-0.2, 0) is 17.9 Å². The van der Waals surface area contributed by atoms with Crippen molar-refractivity contribution in [3.05, 3.63) is 56.0 Å². The Labute approximate surface area is 130 Å². The molecule has 0 atom stereocenters. The van der Waals surface area contributed by atoms with E-state index in [9.17, 15) is 0 Å². The van der Waals surface area contributed by atoms with E-state index in [0.717, 1.165) is 34.2 Å². The molecule has 1 aliphatic heterocycles. The molecule has 2 nitrogen and oxygen atoms in total. The Hall–Kier alpha value is -0.480. The summed E-state index contributed by atoms with van der Waals surface area (Å²) in [4.78, 5) is 8.93. The third-order valence-electron chi connectivity index (χ3n) is 2.92. The molecule has 0 radical (unpaired) electrons. The molecule has 1 aromatic carbocycles. The maximum absolute atomic E-state index is 6.19. The number of halogens is 3. The van der Waals surface area contributed by atoms with Gasteiger partial charge in [-0.25, -0.2) is 9.97 Å². The van der Waals surface area contributed by atoms with Crippen LogP contribution in [-0.4, -0.2) is 9.97 Å². The first-order valence-electron chi connectivity index (χ1n) is 5.69. The van der Waals surface area contributed by atoms with Crippen LogP contribution in [0.25, 0.3) is 0 Å². The van der Waals surface area contributed by atoms with Gasteiger partial charge in [0.1, 0.15) is 11.0 Å². The second-order valence-corrected chi connectivity index (χ2v) is 6.43. The molecule has 98 valence electrons. The summed E-state index contributed by atoms with van der Waals surface area (Å²) in [6.07, 6.45) is 0.606. The molecular weight excluding hydrogens is 323 g/mol. The van der Waals surface area contributed by atoms with E-state index in [4.69, 9.17) is 34.8 Å². The summed E-state index contributed by atoms with van der Waals surface area (Å²) >= 11 is 19.9. The van der Waals surface area contributed by atoms with Gasteiger partial charge in [-0.15, -0.1) is 0 Å². The minimum Gasteiger partial charge on any atom is -0.236 e. The number of aromatic nitrogens is 2. The molecule has 19 heavy (non-hydrogen) atoms. The fourth-order valence-corrected chi connectivity index (χ4v) is 3.69. The number of hydrogen-bond acceptors (Lipinski definition) is 3. The number of benzene rings is 1. The van der Waals surface area contributed by atoms with Gasteiger partial charge >= 0.3 is 0 Å².